The van der Waals surface area contributed by atoms with E-state index in [0.29, 0.717) is 45.1 Å². The van der Waals surface area contributed by atoms with Crippen LogP contribution in [0.3, 0.4) is 0 Å². The number of phenolic OH excluding ortho intramolecular Hbond substituents is 2. The molecule has 0 fully saturated rings. The molecular formula is C22H17BrN2O4. The summed E-state index contributed by atoms with van der Waals surface area (Å²) in [5.74, 6) is 1.08. The Morgan fingerprint density at radius 3 is 2.79 bits per heavy atom. The number of aliphatic imine (C=N–C) groups is 1. The number of para-hydroxylation sites is 1. The zero-order valence-electron chi connectivity index (χ0n) is 15.5. The minimum atomic E-state index is 0.0563. The van der Waals surface area contributed by atoms with Crippen molar-refractivity contribution in [1.82, 2.24) is 4.98 Å². The van der Waals surface area contributed by atoms with Crippen molar-refractivity contribution in [2.24, 2.45) is 4.99 Å². The average Bonchev–Trinajstić information content (AvgIpc) is 3.14. The molecule has 0 radical (unpaired) electrons. The Kier molecular flexibility index (Phi) is 5.22. The second-order valence-corrected chi connectivity index (χ2v) is 7.08. The van der Waals surface area contributed by atoms with Crippen molar-refractivity contribution < 1.29 is 19.4 Å². The Morgan fingerprint density at radius 2 is 2.00 bits per heavy atom. The third kappa shape index (κ3) is 3.95. The van der Waals surface area contributed by atoms with Crippen LogP contribution in [0.5, 0.6) is 17.2 Å². The molecule has 0 amide bonds. The number of oxazole rings is 1. The molecule has 29 heavy (non-hydrogen) atoms. The van der Waals surface area contributed by atoms with Gasteiger partial charge >= 0.3 is 0 Å². The molecule has 0 atom stereocenters. The molecular weight excluding hydrogens is 436 g/mol. The molecule has 0 bridgehead atoms. The molecule has 2 N–H and O–H groups in total. The van der Waals surface area contributed by atoms with Gasteiger partial charge in [-0.25, -0.2) is 4.98 Å². The molecule has 1 aromatic heterocycles. The predicted octanol–water partition coefficient (Wildman–Crippen LogP) is 5.82. The molecule has 0 unspecified atom stereocenters. The number of aromatic nitrogens is 1. The molecule has 0 aliphatic rings. The second kappa shape index (κ2) is 7.97. The molecule has 6 nitrogen and oxygen atoms in total. The highest BCUT2D eigenvalue weighted by Gasteiger charge is 2.11. The number of halogens is 1. The van der Waals surface area contributed by atoms with Crippen molar-refractivity contribution in [2.45, 2.75) is 6.92 Å². The fraction of sp³-hybridized carbons (Fsp3) is 0.0909. The summed E-state index contributed by atoms with van der Waals surface area (Å²) in [5.41, 5.74) is 3.26. The maximum Gasteiger partial charge on any atom is 0.227 e. The summed E-state index contributed by atoms with van der Waals surface area (Å²) in [7, 11) is 0. The molecule has 0 saturated heterocycles. The molecule has 4 rings (SSSR count). The van der Waals surface area contributed by atoms with Gasteiger partial charge in [0.25, 0.3) is 0 Å². The van der Waals surface area contributed by atoms with Gasteiger partial charge in [-0.2, -0.15) is 0 Å². The van der Waals surface area contributed by atoms with E-state index >= 15 is 0 Å². The summed E-state index contributed by atoms with van der Waals surface area (Å²) in [6, 6.07) is 15.7. The maximum absolute atomic E-state index is 10.3. The summed E-state index contributed by atoms with van der Waals surface area (Å²) in [6.45, 7) is 2.33. The van der Waals surface area contributed by atoms with Gasteiger partial charge in [0.1, 0.15) is 11.3 Å². The largest absolute Gasteiger partial charge is 0.507 e. The molecule has 0 aliphatic heterocycles. The van der Waals surface area contributed by atoms with E-state index in [1.54, 1.807) is 54.7 Å². The molecule has 0 aliphatic carbocycles. The average molecular weight is 453 g/mol. The van der Waals surface area contributed by atoms with E-state index in [0.717, 1.165) is 5.56 Å². The molecule has 7 heteroatoms. The number of rotatable bonds is 5. The van der Waals surface area contributed by atoms with Gasteiger partial charge in [-0.15, -0.1) is 0 Å². The number of ether oxygens (including phenoxy) is 1. The van der Waals surface area contributed by atoms with Crippen molar-refractivity contribution in [3.05, 3.63) is 64.6 Å². The normalized spacial score (nSPS) is 11.4. The zero-order valence-corrected chi connectivity index (χ0v) is 17.0. The number of nitrogens with zero attached hydrogens (tertiary/aromatic N) is 2. The van der Waals surface area contributed by atoms with Crippen molar-refractivity contribution in [3.8, 4) is 28.7 Å². The number of fused-ring (bicyclic) bond motifs is 1. The van der Waals surface area contributed by atoms with Crippen molar-refractivity contribution in [1.29, 1.82) is 0 Å². The Balaban J connectivity index is 1.63. The molecule has 1 heterocycles. The van der Waals surface area contributed by atoms with E-state index in [1.165, 1.54) is 0 Å². The summed E-state index contributed by atoms with van der Waals surface area (Å²) >= 11 is 3.29. The van der Waals surface area contributed by atoms with Gasteiger partial charge < -0.3 is 19.4 Å². The number of hydrogen-bond acceptors (Lipinski definition) is 6. The fourth-order valence-electron chi connectivity index (χ4n) is 2.82. The van der Waals surface area contributed by atoms with Crippen LogP contribution in [0, 0.1) is 0 Å². The van der Waals surface area contributed by atoms with Crippen LogP contribution in [0.1, 0.15) is 12.5 Å². The van der Waals surface area contributed by atoms with E-state index < -0.39 is 0 Å². The first-order valence-electron chi connectivity index (χ1n) is 8.93. The van der Waals surface area contributed by atoms with Crippen LogP contribution in [0.15, 0.2) is 68.5 Å². The van der Waals surface area contributed by atoms with Crippen LogP contribution in [0.2, 0.25) is 0 Å². The van der Waals surface area contributed by atoms with E-state index in [1.807, 2.05) is 13.0 Å². The van der Waals surface area contributed by atoms with Crippen LogP contribution < -0.4 is 4.74 Å². The number of phenols is 2. The van der Waals surface area contributed by atoms with Gasteiger partial charge in [0.05, 0.1) is 16.8 Å². The standard InChI is InChI=1S/C22H17BrN2O4/c1-2-28-20-5-3-4-14(21(20)27)12-24-15-7-9-19-17(11-15)25-22(29-19)13-6-8-18(26)16(23)10-13/h3-12,26-27H,2H2,1H3. The second-order valence-electron chi connectivity index (χ2n) is 6.22. The van der Waals surface area contributed by atoms with Crippen LogP contribution in [-0.2, 0) is 0 Å². The zero-order chi connectivity index (χ0) is 20.4. The van der Waals surface area contributed by atoms with E-state index in [-0.39, 0.29) is 11.5 Å². The van der Waals surface area contributed by atoms with E-state index in [9.17, 15) is 10.2 Å². The molecule has 146 valence electrons. The van der Waals surface area contributed by atoms with Gasteiger partial charge in [-0.1, -0.05) is 6.07 Å². The monoisotopic (exact) mass is 452 g/mol. The Bertz CT molecular complexity index is 1220. The first kappa shape index (κ1) is 19.0. The summed E-state index contributed by atoms with van der Waals surface area (Å²) < 4.78 is 11.8. The minimum Gasteiger partial charge on any atom is -0.507 e. The lowest BCUT2D eigenvalue weighted by Crippen LogP contribution is -1.93. The molecule has 0 spiro atoms. The number of aromatic hydroxyl groups is 2. The van der Waals surface area contributed by atoms with Gasteiger partial charge in [0, 0.05) is 17.3 Å². The lowest BCUT2D eigenvalue weighted by molar-refractivity contribution is 0.318. The first-order valence-corrected chi connectivity index (χ1v) is 9.73. The summed E-state index contributed by atoms with van der Waals surface area (Å²) in [6.07, 6.45) is 1.58. The quantitative estimate of drug-likeness (QED) is 0.372. The van der Waals surface area contributed by atoms with Crippen molar-refractivity contribution >= 4 is 38.9 Å². The van der Waals surface area contributed by atoms with Crippen LogP contribution in [0.4, 0.5) is 5.69 Å². The van der Waals surface area contributed by atoms with Gasteiger partial charge in [-0.05, 0) is 71.4 Å². The van der Waals surface area contributed by atoms with Crippen LogP contribution in [-0.4, -0.2) is 28.0 Å². The lowest BCUT2D eigenvalue weighted by Gasteiger charge is -2.07. The minimum absolute atomic E-state index is 0.0563. The molecule has 4 aromatic rings. The summed E-state index contributed by atoms with van der Waals surface area (Å²) in [4.78, 5) is 8.95. The number of hydrogen-bond donors (Lipinski definition) is 2. The lowest BCUT2D eigenvalue weighted by atomic mass is 10.2. The third-order valence-corrected chi connectivity index (χ3v) is 4.88. The molecule has 3 aromatic carbocycles. The van der Waals surface area contributed by atoms with Crippen molar-refractivity contribution in [3.63, 3.8) is 0 Å². The highest BCUT2D eigenvalue weighted by atomic mass is 79.9. The van der Waals surface area contributed by atoms with Crippen LogP contribution in [0.25, 0.3) is 22.6 Å². The topological polar surface area (TPSA) is 88.1 Å². The fourth-order valence-corrected chi connectivity index (χ4v) is 3.20. The predicted molar refractivity (Wildman–Crippen MR) is 115 cm³/mol. The van der Waals surface area contributed by atoms with E-state index in [4.69, 9.17) is 9.15 Å². The Morgan fingerprint density at radius 1 is 1.14 bits per heavy atom. The smallest absolute Gasteiger partial charge is 0.227 e. The van der Waals surface area contributed by atoms with Crippen LogP contribution >= 0.6 is 15.9 Å². The number of benzene rings is 3. The Labute approximate surface area is 175 Å². The third-order valence-electron chi connectivity index (χ3n) is 4.25. The SMILES string of the molecule is CCOc1cccc(C=Nc2ccc3oc(-c4ccc(O)c(Br)c4)nc3c2)c1O. The highest BCUT2D eigenvalue weighted by molar-refractivity contribution is 9.10. The van der Waals surface area contributed by atoms with Gasteiger partial charge in [-0.3, -0.25) is 4.99 Å². The van der Waals surface area contributed by atoms with E-state index in [2.05, 4.69) is 25.9 Å². The maximum atomic E-state index is 10.3. The molecule has 0 saturated carbocycles. The first-order chi connectivity index (χ1) is 14.0. The highest BCUT2D eigenvalue weighted by Crippen LogP contribution is 2.32. The van der Waals surface area contributed by atoms with Gasteiger partial charge in [0.15, 0.2) is 17.1 Å². The van der Waals surface area contributed by atoms with Crippen molar-refractivity contribution in [2.75, 3.05) is 6.61 Å². The summed E-state index contributed by atoms with van der Waals surface area (Å²) in [5, 5.41) is 19.9. The van der Waals surface area contributed by atoms with Gasteiger partial charge in [0.2, 0.25) is 5.89 Å². The Hall–Kier alpha value is -3.32.